The summed E-state index contributed by atoms with van der Waals surface area (Å²) in [6, 6.07) is 7.94. The number of hydrogen-bond donors (Lipinski definition) is 1. The van der Waals surface area contributed by atoms with Crippen LogP contribution in [0, 0.1) is 13.8 Å². The number of fused-ring (bicyclic) bond motifs is 1. The van der Waals surface area contributed by atoms with Crippen LogP contribution < -0.4 is 5.32 Å². The molecular formula is C19H24N6O2. The van der Waals surface area contributed by atoms with Gasteiger partial charge in [-0.15, -0.1) is 0 Å². The third kappa shape index (κ3) is 3.55. The first-order chi connectivity index (χ1) is 12.8. The molecule has 1 aromatic carbocycles. The van der Waals surface area contributed by atoms with Crippen molar-refractivity contribution in [3.63, 3.8) is 0 Å². The molecule has 142 valence electrons. The average Bonchev–Trinajstić information content (AvgIpc) is 3.11. The topological polar surface area (TPSA) is 85.1 Å². The summed E-state index contributed by atoms with van der Waals surface area (Å²) >= 11 is 0. The van der Waals surface area contributed by atoms with Crippen LogP contribution in [0.5, 0.6) is 0 Å². The van der Waals surface area contributed by atoms with E-state index in [1.165, 1.54) is 4.90 Å². The number of para-hydroxylation sites is 1. The first-order valence-electron chi connectivity index (χ1n) is 8.77. The van der Waals surface area contributed by atoms with E-state index < -0.39 is 0 Å². The number of benzene rings is 1. The van der Waals surface area contributed by atoms with Crippen LogP contribution in [0.15, 0.2) is 24.3 Å². The Bertz CT molecular complexity index is 1010. The summed E-state index contributed by atoms with van der Waals surface area (Å²) < 4.78 is 3.43. The van der Waals surface area contributed by atoms with E-state index >= 15 is 0 Å². The third-order valence-corrected chi connectivity index (χ3v) is 4.60. The predicted molar refractivity (Wildman–Crippen MR) is 104 cm³/mol. The SMILES string of the molecule is Cc1nn(CCC(=O)Nc2c(C(=O)N(C)C)nn(C)c2C)c2ccccc12. The lowest BCUT2D eigenvalue weighted by atomic mass is 10.2. The van der Waals surface area contributed by atoms with Crippen molar-refractivity contribution in [1.29, 1.82) is 0 Å². The molecule has 1 N–H and O–H groups in total. The van der Waals surface area contributed by atoms with Crippen molar-refractivity contribution in [2.24, 2.45) is 7.05 Å². The summed E-state index contributed by atoms with van der Waals surface area (Å²) in [5, 5.41) is 12.7. The molecule has 8 heteroatoms. The second-order valence-corrected chi connectivity index (χ2v) is 6.76. The number of aromatic nitrogens is 4. The molecule has 0 unspecified atom stereocenters. The highest BCUT2D eigenvalue weighted by Gasteiger charge is 2.22. The number of amides is 2. The Morgan fingerprint density at radius 1 is 1.15 bits per heavy atom. The van der Waals surface area contributed by atoms with Gasteiger partial charge in [-0.1, -0.05) is 18.2 Å². The van der Waals surface area contributed by atoms with Crippen LogP contribution in [0.1, 0.15) is 28.3 Å². The van der Waals surface area contributed by atoms with Crippen LogP contribution >= 0.6 is 0 Å². The molecule has 0 atom stereocenters. The van der Waals surface area contributed by atoms with Crippen LogP contribution in [0.3, 0.4) is 0 Å². The van der Waals surface area contributed by atoms with Gasteiger partial charge in [-0.25, -0.2) is 0 Å². The van der Waals surface area contributed by atoms with Crippen LogP contribution in [-0.4, -0.2) is 50.4 Å². The summed E-state index contributed by atoms with van der Waals surface area (Å²) in [7, 11) is 5.06. The fraction of sp³-hybridized carbons (Fsp3) is 0.368. The van der Waals surface area contributed by atoms with E-state index in [2.05, 4.69) is 15.5 Å². The maximum absolute atomic E-state index is 12.5. The number of anilines is 1. The molecule has 27 heavy (non-hydrogen) atoms. The molecule has 0 saturated carbocycles. The second kappa shape index (κ2) is 7.22. The zero-order valence-electron chi connectivity index (χ0n) is 16.3. The van der Waals surface area contributed by atoms with Crippen molar-refractivity contribution < 1.29 is 9.59 Å². The van der Waals surface area contributed by atoms with Gasteiger partial charge in [0, 0.05) is 33.0 Å². The number of carbonyl (C=O) groups is 2. The van der Waals surface area contributed by atoms with Gasteiger partial charge in [-0.3, -0.25) is 19.0 Å². The van der Waals surface area contributed by atoms with Gasteiger partial charge in [-0.2, -0.15) is 10.2 Å². The normalized spacial score (nSPS) is 11.0. The van der Waals surface area contributed by atoms with E-state index in [4.69, 9.17) is 0 Å². The van der Waals surface area contributed by atoms with Crippen LogP contribution in [0.25, 0.3) is 10.9 Å². The van der Waals surface area contributed by atoms with E-state index in [0.717, 1.165) is 22.3 Å². The summed E-state index contributed by atoms with van der Waals surface area (Å²) in [6.07, 6.45) is 0.245. The van der Waals surface area contributed by atoms with Crippen molar-refractivity contribution in [2.45, 2.75) is 26.8 Å². The Morgan fingerprint density at radius 2 is 1.85 bits per heavy atom. The Morgan fingerprint density at radius 3 is 2.56 bits per heavy atom. The number of rotatable bonds is 5. The number of nitrogens with one attached hydrogen (secondary N) is 1. The van der Waals surface area contributed by atoms with Gasteiger partial charge < -0.3 is 10.2 Å². The number of hydrogen-bond acceptors (Lipinski definition) is 4. The molecule has 0 saturated heterocycles. The molecule has 0 fully saturated rings. The van der Waals surface area contributed by atoms with Crippen LogP contribution in [0.4, 0.5) is 5.69 Å². The molecule has 2 amide bonds. The zero-order valence-corrected chi connectivity index (χ0v) is 16.3. The van der Waals surface area contributed by atoms with E-state index in [1.807, 2.05) is 42.8 Å². The minimum Gasteiger partial charge on any atom is -0.343 e. The largest absolute Gasteiger partial charge is 0.343 e. The van der Waals surface area contributed by atoms with Crippen molar-refractivity contribution in [3.05, 3.63) is 41.3 Å². The zero-order chi connectivity index (χ0) is 19.7. The molecule has 2 aromatic heterocycles. The highest BCUT2D eigenvalue weighted by molar-refractivity contribution is 6.02. The molecule has 0 aliphatic heterocycles. The fourth-order valence-corrected chi connectivity index (χ4v) is 2.99. The minimum atomic E-state index is -0.248. The average molecular weight is 368 g/mol. The van der Waals surface area contributed by atoms with Crippen LogP contribution in [-0.2, 0) is 18.4 Å². The molecule has 2 heterocycles. The Kier molecular flexibility index (Phi) is 4.98. The molecule has 8 nitrogen and oxygen atoms in total. The monoisotopic (exact) mass is 368 g/mol. The smallest absolute Gasteiger partial charge is 0.276 e. The van der Waals surface area contributed by atoms with Crippen molar-refractivity contribution in [3.8, 4) is 0 Å². The number of nitrogens with zero attached hydrogens (tertiary/aromatic N) is 5. The molecule has 3 aromatic rings. The van der Waals surface area contributed by atoms with Gasteiger partial charge in [0.05, 0.1) is 29.1 Å². The van der Waals surface area contributed by atoms with Gasteiger partial charge in [0.15, 0.2) is 5.69 Å². The Hall–Kier alpha value is -3.16. The summed E-state index contributed by atoms with van der Waals surface area (Å²) in [6.45, 7) is 4.23. The van der Waals surface area contributed by atoms with Gasteiger partial charge in [0.25, 0.3) is 5.91 Å². The molecule has 0 bridgehead atoms. The highest BCUT2D eigenvalue weighted by Crippen LogP contribution is 2.21. The van der Waals surface area contributed by atoms with E-state index in [1.54, 1.807) is 25.8 Å². The van der Waals surface area contributed by atoms with E-state index in [-0.39, 0.29) is 23.9 Å². The lowest BCUT2D eigenvalue weighted by Gasteiger charge is -2.11. The highest BCUT2D eigenvalue weighted by atomic mass is 16.2. The summed E-state index contributed by atoms with van der Waals surface area (Å²) in [4.78, 5) is 26.3. The number of carbonyl (C=O) groups excluding carboxylic acids is 2. The second-order valence-electron chi connectivity index (χ2n) is 6.76. The van der Waals surface area contributed by atoms with E-state index in [9.17, 15) is 9.59 Å². The lowest BCUT2D eigenvalue weighted by molar-refractivity contribution is -0.116. The quantitative estimate of drug-likeness (QED) is 0.747. The molecule has 0 radical (unpaired) electrons. The Balaban J connectivity index is 1.76. The minimum absolute atomic E-state index is 0.184. The summed E-state index contributed by atoms with van der Waals surface area (Å²) in [5.41, 5.74) is 3.38. The van der Waals surface area contributed by atoms with Crippen LogP contribution in [0.2, 0.25) is 0 Å². The van der Waals surface area contributed by atoms with E-state index in [0.29, 0.717) is 12.2 Å². The first kappa shape index (κ1) is 18.6. The summed E-state index contributed by atoms with van der Waals surface area (Å²) in [5.74, 6) is -0.432. The standard InChI is InChI=1S/C19H24N6O2/c1-12-14-8-6-7-9-15(14)25(21-12)11-10-16(26)20-17-13(2)24(5)22-18(17)19(27)23(3)4/h6-9H,10-11H2,1-5H3,(H,20,26). The predicted octanol–water partition coefficient (Wildman–Crippen LogP) is 2.12. The third-order valence-electron chi connectivity index (χ3n) is 4.60. The first-order valence-corrected chi connectivity index (χ1v) is 8.77. The molecule has 0 aliphatic rings. The maximum atomic E-state index is 12.5. The van der Waals surface area contributed by atoms with Gasteiger partial charge in [-0.05, 0) is 19.9 Å². The fourth-order valence-electron chi connectivity index (χ4n) is 2.99. The van der Waals surface area contributed by atoms with Gasteiger partial charge in [0.2, 0.25) is 5.91 Å². The molecule has 0 aliphatic carbocycles. The lowest BCUT2D eigenvalue weighted by Crippen LogP contribution is -2.24. The van der Waals surface area contributed by atoms with Gasteiger partial charge >= 0.3 is 0 Å². The van der Waals surface area contributed by atoms with Crippen molar-refractivity contribution in [2.75, 3.05) is 19.4 Å². The van der Waals surface area contributed by atoms with Crippen molar-refractivity contribution >= 4 is 28.4 Å². The number of aryl methyl sites for hydroxylation is 3. The van der Waals surface area contributed by atoms with Crippen molar-refractivity contribution in [1.82, 2.24) is 24.5 Å². The maximum Gasteiger partial charge on any atom is 0.276 e. The van der Waals surface area contributed by atoms with Gasteiger partial charge in [0.1, 0.15) is 0 Å². The molecular weight excluding hydrogens is 344 g/mol. The molecule has 3 rings (SSSR count). The molecule has 0 spiro atoms. The Labute approximate surface area is 157 Å².